The van der Waals surface area contributed by atoms with Crippen molar-refractivity contribution >= 4 is 17.7 Å². The Bertz CT molecular complexity index is 290. The van der Waals surface area contributed by atoms with Gasteiger partial charge in [-0.15, -0.1) is 0 Å². The molecule has 14 heavy (non-hydrogen) atoms. The lowest BCUT2D eigenvalue weighted by atomic mass is 9.94. The molecule has 1 heterocycles. The van der Waals surface area contributed by atoms with Crippen molar-refractivity contribution in [2.24, 2.45) is 0 Å². The number of ether oxygens (including phenoxy) is 2. The third-order valence-corrected chi connectivity index (χ3v) is 4.73. The van der Waals surface area contributed by atoms with Gasteiger partial charge in [-0.25, -0.2) is 8.42 Å². The summed E-state index contributed by atoms with van der Waals surface area (Å²) in [4.78, 5) is 0. The summed E-state index contributed by atoms with van der Waals surface area (Å²) in [6.45, 7) is -0.0222. The van der Waals surface area contributed by atoms with Crippen LogP contribution in [-0.2, 0) is 19.3 Å². The number of methoxy groups -OCH3 is 2. The summed E-state index contributed by atoms with van der Waals surface area (Å²) in [6.07, 6.45) is -2.00. The zero-order valence-corrected chi connectivity index (χ0v) is 8.90. The van der Waals surface area contributed by atoms with Crippen molar-refractivity contribution in [3.63, 3.8) is 0 Å². The van der Waals surface area contributed by atoms with Gasteiger partial charge in [0.05, 0.1) is 25.7 Å². The molecule has 1 saturated heterocycles. The maximum atomic E-state index is 11.6. The van der Waals surface area contributed by atoms with Crippen molar-refractivity contribution in [3.8, 4) is 0 Å². The van der Waals surface area contributed by atoms with E-state index in [4.69, 9.17) is 17.3 Å². The molecular weight excluding hydrogens is 207 g/mol. The van der Waals surface area contributed by atoms with Crippen LogP contribution < -0.4 is 0 Å². The van der Waals surface area contributed by atoms with Gasteiger partial charge >= 0.3 is 0 Å². The van der Waals surface area contributed by atoms with Gasteiger partial charge in [0.25, 0.3) is 0 Å². The molecule has 0 bridgehead atoms. The average Bonchev–Trinajstić information content (AvgIpc) is 2.29. The monoisotopic (exact) mass is 220 g/mol. The lowest BCUT2D eigenvalue weighted by Gasteiger charge is -2.17. The molecule has 4 atom stereocenters. The van der Waals surface area contributed by atoms with Crippen LogP contribution in [-0.4, -0.2) is 64.8 Å². The van der Waals surface area contributed by atoms with Gasteiger partial charge in [0.2, 0.25) is 0 Å². The van der Waals surface area contributed by atoms with E-state index in [1.54, 1.807) is 0 Å². The number of rotatable bonds is 3. The van der Waals surface area contributed by atoms with Gasteiger partial charge in [0, 0.05) is 14.2 Å². The second-order valence-corrected chi connectivity index (χ2v) is 5.57. The molecule has 0 amide bonds. The number of aliphatic hydroxyl groups is 1. The van der Waals surface area contributed by atoms with E-state index in [0.717, 1.165) is 0 Å². The second kappa shape index (κ2) is 4.18. The highest BCUT2D eigenvalue weighted by Gasteiger charge is 2.51. The smallest absolute Gasteiger partial charge is 0.155 e. The van der Waals surface area contributed by atoms with Crippen molar-refractivity contribution < 1.29 is 23.0 Å². The molecule has 0 spiro atoms. The molecule has 2 radical (unpaired) electrons. The van der Waals surface area contributed by atoms with E-state index in [-0.39, 0.29) is 6.61 Å². The van der Waals surface area contributed by atoms with Gasteiger partial charge in [-0.1, -0.05) is 0 Å². The van der Waals surface area contributed by atoms with Crippen LogP contribution in [0.4, 0.5) is 0 Å². The van der Waals surface area contributed by atoms with Crippen LogP contribution >= 0.6 is 0 Å². The molecule has 0 aromatic carbocycles. The van der Waals surface area contributed by atoms with E-state index < -0.39 is 32.4 Å². The van der Waals surface area contributed by atoms with Crippen LogP contribution in [0, 0.1) is 0 Å². The minimum atomic E-state index is -3.56. The maximum absolute atomic E-state index is 11.6. The Labute approximate surface area is 84.7 Å². The molecule has 1 N–H and O–H groups in total. The fraction of sp³-hybridized carbons (Fsp3) is 1.00. The third-order valence-electron chi connectivity index (χ3n) is 2.44. The number of aliphatic hydroxyl groups excluding tert-OH is 1. The molecule has 1 unspecified atom stereocenters. The molecule has 5 nitrogen and oxygen atoms in total. The summed E-state index contributed by atoms with van der Waals surface area (Å²) in [5.74, 6) is 0. The lowest BCUT2D eigenvalue weighted by molar-refractivity contribution is -0.00735. The van der Waals surface area contributed by atoms with Crippen molar-refractivity contribution in [2.45, 2.75) is 22.6 Å². The highest BCUT2D eigenvalue weighted by molar-refractivity contribution is 7.94. The quantitative estimate of drug-likeness (QED) is 0.574. The van der Waals surface area contributed by atoms with Crippen LogP contribution in [0.1, 0.15) is 0 Å². The lowest BCUT2D eigenvalue weighted by Crippen LogP contribution is -2.36. The molecule has 0 aliphatic carbocycles. The average molecular weight is 220 g/mol. The van der Waals surface area contributed by atoms with Crippen LogP contribution in [0.2, 0.25) is 0 Å². The maximum Gasteiger partial charge on any atom is 0.155 e. The van der Waals surface area contributed by atoms with Gasteiger partial charge < -0.3 is 14.6 Å². The Hall–Kier alpha value is -0.105. The van der Waals surface area contributed by atoms with Crippen molar-refractivity contribution in [3.05, 3.63) is 0 Å². The normalized spacial score (nSPS) is 41.4. The second-order valence-electron chi connectivity index (χ2n) is 3.24. The van der Waals surface area contributed by atoms with Crippen molar-refractivity contribution in [2.75, 3.05) is 20.8 Å². The fourth-order valence-electron chi connectivity index (χ4n) is 1.64. The number of sulfone groups is 1. The molecule has 7 heteroatoms. The molecule has 1 aliphatic heterocycles. The van der Waals surface area contributed by atoms with E-state index in [9.17, 15) is 13.5 Å². The standard InChI is InChI=1S/C7H13BO5S/c1-12-3-4-6(13-2)5(9)7(8)14(4,10)11/h4-7,9H,3H2,1-2H3/t4-,5+,6?,7-/m1/s1. The van der Waals surface area contributed by atoms with E-state index in [0.29, 0.717) is 0 Å². The Balaban J connectivity index is 2.99. The molecule has 0 saturated carbocycles. The zero-order chi connectivity index (χ0) is 10.9. The molecule has 0 aromatic heterocycles. The van der Waals surface area contributed by atoms with Gasteiger partial charge in [-0.05, 0) is 0 Å². The number of hydrogen-bond acceptors (Lipinski definition) is 5. The Morgan fingerprint density at radius 3 is 2.43 bits per heavy atom. The highest BCUT2D eigenvalue weighted by atomic mass is 32.2. The highest BCUT2D eigenvalue weighted by Crippen LogP contribution is 2.28. The van der Waals surface area contributed by atoms with E-state index in [1.807, 2.05) is 0 Å². The predicted molar refractivity (Wildman–Crippen MR) is 50.9 cm³/mol. The first-order valence-corrected chi connectivity index (χ1v) is 5.75. The Morgan fingerprint density at radius 1 is 1.43 bits per heavy atom. The van der Waals surface area contributed by atoms with Crippen LogP contribution in [0.3, 0.4) is 0 Å². The van der Waals surface area contributed by atoms with Crippen LogP contribution in [0.5, 0.6) is 0 Å². The summed E-state index contributed by atoms with van der Waals surface area (Å²) in [5, 5.41) is 7.33. The van der Waals surface area contributed by atoms with Gasteiger partial charge in [-0.2, -0.15) is 0 Å². The zero-order valence-electron chi connectivity index (χ0n) is 8.08. The summed E-state index contributed by atoms with van der Waals surface area (Å²) in [7, 11) is 4.53. The van der Waals surface area contributed by atoms with Crippen LogP contribution in [0.15, 0.2) is 0 Å². The van der Waals surface area contributed by atoms with E-state index in [1.165, 1.54) is 14.2 Å². The van der Waals surface area contributed by atoms with Gasteiger partial charge in [-0.3, -0.25) is 0 Å². The van der Waals surface area contributed by atoms with Gasteiger partial charge in [0.15, 0.2) is 9.84 Å². The predicted octanol–water partition coefficient (Wildman–Crippen LogP) is -1.70. The molecule has 1 fully saturated rings. The van der Waals surface area contributed by atoms with E-state index >= 15 is 0 Å². The number of hydrogen-bond donors (Lipinski definition) is 1. The summed E-state index contributed by atoms with van der Waals surface area (Å²) in [5.41, 5.74) is 0. The molecule has 1 aliphatic rings. The SMILES string of the molecule is [B][C@H]1[C@@H](O)C(OC)[C@@H](COC)S1(=O)=O. The Morgan fingerprint density at radius 2 is 2.00 bits per heavy atom. The Kier molecular flexibility index (Phi) is 3.57. The molecule has 1 rings (SSSR count). The molecule has 0 aromatic rings. The third kappa shape index (κ3) is 1.69. The fourth-order valence-corrected chi connectivity index (χ4v) is 3.55. The minimum absolute atomic E-state index is 0.0222. The topological polar surface area (TPSA) is 72.8 Å². The molecule has 80 valence electrons. The summed E-state index contributed by atoms with van der Waals surface area (Å²) < 4.78 is 32.9. The largest absolute Gasteiger partial charge is 0.390 e. The van der Waals surface area contributed by atoms with Crippen LogP contribution in [0.25, 0.3) is 0 Å². The van der Waals surface area contributed by atoms with E-state index in [2.05, 4.69) is 0 Å². The van der Waals surface area contributed by atoms with Gasteiger partial charge in [0.1, 0.15) is 11.4 Å². The summed E-state index contributed by atoms with van der Waals surface area (Å²) >= 11 is 0. The first kappa shape index (κ1) is 12.0. The van der Waals surface area contributed by atoms with Crippen molar-refractivity contribution in [1.82, 2.24) is 0 Å². The summed E-state index contributed by atoms with van der Waals surface area (Å²) in [6, 6.07) is 0. The minimum Gasteiger partial charge on any atom is -0.390 e. The van der Waals surface area contributed by atoms with Crippen molar-refractivity contribution in [1.29, 1.82) is 0 Å². The first-order chi connectivity index (χ1) is 6.46. The molecular formula is C7H13BO5S. The first-order valence-electron chi connectivity index (χ1n) is 4.15.